The summed E-state index contributed by atoms with van der Waals surface area (Å²) in [6, 6.07) is 36.6. The Morgan fingerprint density at radius 1 is 0.839 bits per heavy atom. The molecule has 62 heavy (non-hydrogen) atoms. The Morgan fingerprint density at radius 2 is 1.52 bits per heavy atom. The molecule has 2 N–H and O–H groups in total. The van der Waals surface area contributed by atoms with E-state index in [2.05, 4.69) is 42.9 Å². The smallest absolute Gasteiger partial charge is 0.293 e. The molecule has 16 heteroatoms. The van der Waals surface area contributed by atoms with Crippen molar-refractivity contribution >= 4 is 56.4 Å². The van der Waals surface area contributed by atoms with E-state index in [9.17, 15) is 23.3 Å². The van der Waals surface area contributed by atoms with Crippen molar-refractivity contribution < 1.29 is 23.0 Å². The third kappa shape index (κ3) is 12.1. The molecule has 7 rings (SSSR count). The van der Waals surface area contributed by atoms with E-state index >= 15 is 0 Å². The number of nitrogens with one attached hydrogen (secondary N) is 2. The zero-order valence-electron chi connectivity index (χ0n) is 34.7. The highest BCUT2D eigenvalue weighted by Gasteiger charge is 2.27. The summed E-state index contributed by atoms with van der Waals surface area (Å²) in [5.41, 5.74) is 4.44. The molecule has 0 spiro atoms. The minimum Gasteiger partial charge on any atom is -0.376 e. The molecule has 2 saturated heterocycles. The fraction of sp³-hybridized carbons (Fsp3) is 0.326. The average Bonchev–Trinajstić information content (AvgIpc) is 3.29. The quantitative estimate of drug-likeness (QED) is 0.0502. The predicted molar refractivity (Wildman–Crippen MR) is 247 cm³/mol. The number of nitro benzene ring substituents is 1. The molecule has 13 nitrogen and oxygen atoms in total. The van der Waals surface area contributed by atoms with Gasteiger partial charge in [0.05, 0.1) is 16.4 Å². The zero-order valence-corrected chi connectivity index (χ0v) is 37.1. The molecule has 0 radical (unpaired) electrons. The molecule has 5 aromatic rings. The summed E-state index contributed by atoms with van der Waals surface area (Å²) < 4.78 is 29.1. The van der Waals surface area contributed by atoms with Gasteiger partial charge in [-0.1, -0.05) is 66.2 Å². The van der Waals surface area contributed by atoms with Crippen LogP contribution in [0.1, 0.15) is 29.3 Å². The zero-order chi connectivity index (χ0) is 43.5. The van der Waals surface area contributed by atoms with Gasteiger partial charge < -0.3 is 15.1 Å². The van der Waals surface area contributed by atoms with Gasteiger partial charge in [-0.05, 0) is 90.7 Å². The van der Waals surface area contributed by atoms with Gasteiger partial charge in [0, 0.05) is 104 Å². The van der Waals surface area contributed by atoms with Crippen LogP contribution in [0.2, 0.25) is 5.02 Å². The number of hydroxylamine groups is 2. The van der Waals surface area contributed by atoms with Gasteiger partial charge in [-0.2, -0.15) is 5.06 Å². The number of nitrogens with zero attached hydrogens (tertiary/aromatic N) is 5. The number of hydrogen-bond acceptors (Lipinski definition) is 12. The van der Waals surface area contributed by atoms with Gasteiger partial charge in [0.1, 0.15) is 5.69 Å². The summed E-state index contributed by atoms with van der Waals surface area (Å²) in [7, 11) is -4.45. The lowest BCUT2D eigenvalue weighted by molar-refractivity contribution is -0.384. The second kappa shape index (κ2) is 21.4. The van der Waals surface area contributed by atoms with Crippen LogP contribution < -0.4 is 14.9 Å². The normalized spacial score (nSPS) is 15.9. The van der Waals surface area contributed by atoms with E-state index in [4.69, 9.17) is 16.4 Å². The Balaban J connectivity index is 0.953. The van der Waals surface area contributed by atoms with Crippen molar-refractivity contribution in [1.29, 1.82) is 0 Å². The standard InChI is InChI=1S/C46H52ClN7O6S2/c1-2-60-53-30-26-50(27-31-53)23-22-39(34-61-41-9-4-3-5-10-41)48-44-21-20-42(32-45(44)54(56)57)62(58,59)49-46(55)36-14-18-40(19-15-36)52-28-24-51(25-29-52)33-37-8-6-7-11-43(37)35-12-16-38(47)17-13-35/h3-21,32,39,48H,2,22-31,33-34H2,1H3,(H,49,55)/t39-/m1/s1. The summed E-state index contributed by atoms with van der Waals surface area (Å²) in [5.74, 6) is -0.197. The van der Waals surface area contributed by atoms with Gasteiger partial charge >= 0.3 is 0 Å². The van der Waals surface area contributed by atoms with E-state index in [1.807, 2.05) is 84.8 Å². The van der Waals surface area contributed by atoms with Crippen molar-refractivity contribution in [2.24, 2.45) is 0 Å². The molecular formula is C46H52ClN7O6S2. The molecule has 0 unspecified atom stereocenters. The molecule has 0 aliphatic carbocycles. The van der Waals surface area contributed by atoms with Crippen molar-refractivity contribution in [3.63, 3.8) is 0 Å². The van der Waals surface area contributed by atoms with Crippen molar-refractivity contribution in [2.45, 2.75) is 35.7 Å². The number of nitro groups is 1. The van der Waals surface area contributed by atoms with Crippen LogP contribution in [0.5, 0.6) is 0 Å². The lowest BCUT2D eigenvalue weighted by Crippen LogP contribution is -2.47. The number of benzene rings is 5. The number of thioether (sulfide) groups is 1. The minimum absolute atomic E-state index is 0.153. The highest BCUT2D eigenvalue weighted by atomic mass is 35.5. The SMILES string of the molecule is CCON1CCN(CC[C@H](CSc2ccccc2)Nc2ccc(S(=O)(=O)NC(=O)c3ccc(N4CCN(Cc5ccccc5-c5ccc(Cl)cc5)CC4)cc3)cc2[N+](=O)[O-])CC1. The number of sulfonamides is 1. The van der Waals surface area contributed by atoms with Gasteiger partial charge in [-0.3, -0.25) is 24.6 Å². The molecule has 2 aliphatic rings. The van der Waals surface area contributed by atoms with Gasteiger partial charge in [0.25, 0.3) is 21.6 Å². The third-order valence-electron chi connectivity index (χ3n) is 11.1. The Labute approximate surface area is 373 Å². The third-order valence-corrected chi connectivity index (χ3v) is 13.9. The molecule has 0 bridgehead atoms. The monoisotopic (exact) mass is 897 g/mol. The highest BCUT2D eigenvalue weighted by molar-refractivity contribution is 7.99. The molecule has 1 amide bonds. The van der Waals surface area contributed by atoms with Crippen LogP contribution in [0.15, 0.2) is 131 Å². The first kappa shape index (κ1) is 45.0. The van der Waals surface area contributed by atoms with E-state index in [-0.39, 0.29) is 22.2 Å². The maximum absolute atomic E-state index is 13.5. The molecule has 0 saturated carbocycles. The molecule has 5 aromatic carbocycles. The Kier molecular flexibility index (Phi) is 15.5. The first-order valence-electron chi connectivity index (χ1n) is 20.9. The maximum Gasteiger partial charge on any atom is 0.293 e. The Morgan fingerprint density at radius 3 is 2.21 bits per heavy atom. The second-order valence-corrected chi connectivity index (χ2v) is 18.5. The van der Waals surface area contributed by atoms with Crippen molar-refractivity contribution in [3.05, 3.63) is 148 Å². The highest BCUT2D eigenvalue weighted by Crippen LogP contribution is 2.31. The van der Waals surface area contributed by atoms with E-state index in [0.29, 0.717) is 23.8 Å². The lowest BCUT2D eigenvalue weighted by Gasteiger charge is -2.36. The van der Waals surface area contributed by atoms with Crippen molar-refractivity contribution in [2.75, 3.05) is 81.5 Å². The number of hydrogen-bond donors (Lipinski definition) is 2. The predicted octanol–water partition coefficient (Wildman–Crippen LogP) is 7.89. The topological polar surface area (TPSA) is 141 Å². The number of piperazine rings is 2. The second-order valence-electron chi connectivity index (χ2n) is 15.3. The van der Waals surface area contributed by atoms with Crippen LogP contribution in [0.25, 0.3) is 11.1 Å². The number of carbonyl (C=O) groups is 1. The molecule has 2 aliphatic heterocycles. The molecule has 2 heterocycles. The van der Waals surface area contributed by atoms with E-state index < -0.39 is 26.5 Å². The Hall–Kier alpha value is -5.00. The maximum atomic E-state index is 13.5. The first-order chi connectivity index (χ1) is 30.0. The van der Waals surface area contributed by atoms with Gasteiger partial charge in [0.15, 0.2) is 0 Å². The van der Waals surface area contributed by atoms with Gasteiger partial charge in [-0.15, -0.1) is 11.8 Å². The summed E-state index contributed by atoms with van der Waals surface area (Å²) in [4.78, 5) is 38.4. The van der Waals surface area contributed by atoms with E-state index in [1.54, 1.807) is 23.9 Å². The molecular weight excluding hydrogens is 846 g/mol. The number of carbonyl (C=O) groups excluding carboxylic acids is 1. The van der Waals surface area contributed by atoms with Crippen LogP contribution in [0, 0.1) is 10.1 Å². The van der Waals surface area contributed by atoms with E-state index in [1.165, 1.54) is 23.3 Å². The van der Waals surface area contributed by atoms with Crippen molar-refractivity contribution in [1.82, 2.24) is 19.6 Å². The van der Waals surface area contributed by atoms with Crippen LogP contribution in [0.3, 0.4) is 0 Å². The molecule has 0 aromatic heterocycles. The number of amides is 1. The first-order valence-corrected chi connectivity index (χ1v) is 23.7. The minimum atomic E-state index is -4.45. The van der Waals surface area contributed by atoms with Crippen molar-refractivity contribution in [3.8, 4) is 11.1 Å². The fourth-order valence-electron chi connectivity index (χ4n) is 7.72. The Bertz CT molecular complexity index is 2380. The average molecular weight is 899 g/mol. The summed E-state index contributed by atoms with van der Waals surface area (Å²) >= 11 is 7.77. The van der Waals surface area contributed by atoms with Crippen LogP contribution >= 0.6 is 23.4 Å². The van der Waals surface area contributed by atoms with E-state index in [0.717, 1.165) is 87.7 Å². The number of anilines is 2. The summed E-state index contributed by atoms with van der Waals surface area (Å²) in [5, 5.41) is 18.4. The van der Waals surface area contributed by atoms with Gasteiger partial charge in [-0.25, -0.2) is 13.1 Å². The lowest BCUT2D eigenvalue weighted by atomic mass is 9.99. The summed E-state index contributed by atoms with van der Waals surface area (Å²) in [6.07, 6.45) is 0.706. The molecule has 2 fully saturated rings. The summed E-state index contributed by atoms with van der Waals surface area (Å²) in [6.45, 7) is 10.7. The van der Waals surface area contributed by atoms with Gasteiger partial charge in [0.2, 0.25) is 0 Å². The molecule has 1 atom stereocenters. The largest absolute Gasteiger partial charge is 0.376 e. The van der Waals surface area contributed by atoms with Crippen LogP contribution in [-0.2, 0) is 21.4 Å². The molecule has 326 valence electrons. The number of halogens is 1. The fourth-order valence-corrected chi connectivity index (χ4v) is 9.84. The number of rotatable bonds is 18. The van der Waals surface area contributed by atoms with Crippen LogP contribution in [-0.4, -0.2) is 111 Å². The van der Waals surface area contributed by atoms with Crippen LogP contribution in [0.4, 0.5) is 17.1 Å².